The molecular weight excluding hydrogens is 300 g/mol. The number of aryl methyl sites for hydroxylation is 2. The number of ether oxygens (including phenoxy) is 1. The first kappa shape index (κ1) is 16.7. The summed E-state index contributed by atoms with van der Waals surface area (Å²) in [5.41, 5.74) is -1.25. The molecule has 2 rings (SSSR count). The molecule has 0 aliphatic carbocycles. The van der Waals surface area contributed by atoms with Crippen molar-refractivity contribution in [3.8, 4) is 0 Å². The van der Waals surface area contributed by atoms with Gasteiger partial charge in [0.15, 0.2) is 0 Å². The zero-order valence-electron chi connectivity index (χ0n) is 13.7. The maximum Gasteiger partial charge on any atom is 0.331 e. The molecule has 120 valence electrons. The third kappa shape index (κ3) is 2.67. The zero-order chi connectivity index (χ0) is 16.5. The number of carbonyl (C=O) groups excluding carboxylic acids is 1. The monoisotopic (exact) mass is 322 g/mol. The van der Waals surface area contributed by atoms with Crippen LogP contribution >= 0.6 is 11.3 Å². The number of aromatic nitrogens is 2. The lowest BCUT2D eigenvalue weighted by Crippen LogP contribution is -2.45. The lowest BCUT2D eigenvalue weighted by Gasteiger charge is -2.27. The van der Waals surface area contributed by atoms with Gasteiger partial charge in [-0.25, -0.2) is 9.78 Å². The third-order valence-electron chi connectivity index (χ3n) is 3.68. The van der Waals surface area contributed by atoms with Crippen LogP contribution in [-0.4, -0.2) is 22.1 Å². The van der Waals surface area contributed by atoms with Gasteiger partial charge in [0.2, 0.25) is 0 Å². The number of fused-ring (bicyclic) bond motifs is 1. The van der Waals surface area contributed by atoms with Gasteiger partial charge in [-0.05, 0) is 33.3 Å². The van der Waals surface area contributed by atoms with E-state index in [9.17, 15) is 9.59 Å². The highest BCUT2D eigenvalue weighted by Crippen LogP contribution is 2.25. The van der Waals surface area contributed by atoms with Gasteiger partial charge in [0, 0.05) is 11.3 Å². The molecule has 0 saturated carbocycles. The van der Waals surface area contributed by atoms with E-state index in [4.69, 9.17) is 4.74 Å². The molecule has 0 fully saturated rings. The van der Waals surface area contributed by atoms with Crippen LogP contribution in [0.5, 0.6) is 0 Å². The first-order chi connectivity index (χ1) is 10.4. The van der Waals surface area contributed by atoms with Crippen LogP contribution in [0.15, 0.2) is 10.9 Å². The van der Waals surface area contributed by atoms with E-state index in [1.165, 1.54) is 15.9 Å². The quantitative estimate of drug-likeness (QED) is 0.794. The van der Waals surface area contributed by atoms with Crippen molar-refractivity contribution in [2.75, 3.05) is 6.61 Å². The Kier molecular flexibility index (Phi) is 4.70. The number of esters is 1. The minimum absolute atomic E-state index is 0.171. The number of thiophene rings is 1. The SMILES string of the molecule is CCOC(=O)C(C)(C)n1c(CC)nc2sc(CC)cc2c1=O. The molecule has 22 heavy (non-hydrogen) atoms. The largest absolute Gasteiger partial charge is 0.464 e. The Morgan fingerprint density at radius 1 is 1.32 bits per heavy atom. The summed E-state index contributed by atoms with van der Waals surface area (Å²) in [4.78, 5) is 31.7. The highest BCUT2D eigenvalue weighted by Gasteiger charge is 2.35. The van der Waals surface area contributed by atoms with Gasteiger partial charge in [-0.3, -0.25) is 9.36 Å². The van der Waals surface area contributed by atoms with E-state index in [-0.39, 0.29) is 12.2 Å². The molecule has 0 unspecified atom stereocenters. The van der Waals surface area contributed by atoms with Crippen LogP contribution in [0.4, 0.5) is 0 Å². The van der Waals surface area contributed by atoms with E-state index in [2.05, 4.69) is 4.98 Å². The molecule has 0 aliphatic heterocycles. The molecule has 0 aromatic carbocycles. The molecule has 0 spiro atoms. The summed E-state index contributed by atoms with van der Waals surface area (Å²) in [6.45, 7) is 9.42. The Balaban J connectivity index is 2.74. The highest BCUT2D eigenvalue weighted by atomic mass is 32.1. The van der Waals surface area contributed by atoms with Crippen LogP contribution in [0.3, 0.4) is 0 Å². The van der Waals surface area contributed by atoms with E-state index in [1.54, 1.807) is 20.8 Å². The minimum atomic E-state index is -1.08. The van der Waals surface area contributed by atoms with Crippen molar-refractivity contribution >= 4 is 27.5 Å². The number of hydrogen-bond acceptors (Lipinski definition) is 5. The van der Waals surface area contributed by atoms with E-state index < -0.39 is 11.5 Å². The normalized spacial score (nSPS) is 11.9. The van der Waals surface area contributed by atoms with E-state index in [0.717, 1.165) is 16.1 Å². The van der Waals surface area contributed by atoms with Crippen LogP contribution in [-0.2, 0) is 27.9 Å². The van der Waals surface area contributed by atoms with Gasteiger partial charge in [-0.2, -0.15) is 0 Å². The van der Waals surface area contributed by atoms with Crippen molar-refractivity contribution < 1.29 is 9.53 Å². The van der Waals surface area contributed by atoms with E-state index in [0.29, 0.717) is 17.6 Å². The lowest BCUT2D eigenvalue weighted by atomic mass is 10.0. The smallest absolute Gasteiger partial charge is 0.331 e. The average molecular weight is 322 g/mol. The van der Waals surface area contributed by atoms with Gasteiger partial charge in [0.05, 0.1) is 12.0 Å². The molecule has 0 aliphatic rings. The first-order valence-electron chi connectivity index (χ1n) is 7.58. The van der Waals surface area contributed by atoms with Crippen LogP contribution < -0.4 is 5.56 Å². The maximum atomic E-state index is 12.9. The summed E-state index contributed by atoms with van der Waals surface area (Å²) in [7, 11) is 0. The molecule has 0 amide bonds. The van der Waals surface area contributed by atoms with Gasteiger partial charge < -0.3 is 4.74 Å². The molecule has 0 bridgehead atoms. The number of nitrogens with zero attached hydrogens (tertiary/aromatic N) is 2. The third-order valence-corrected chi connectivity index (χ3v) is 4.86. The summed E-state index contributed by atoms with van der Waals surface area (Å²) >= 11 is 1.54. The van der Waals surface area contributed by atoms with Gasteiger partial charge in [-0.1, -0.05) is 13.8 Å². The van der Waals surface area contributed by atoms with Crippen molar-refractivity contribution in [3.63, 3.8) is 0 Å². The van der Waals surface area contributed by atoms with Crippen LogP contribution in [0.25, 0.3) is 10.2 Å². The fourth-order valence-electron chi connectivity index (χ4n) is 2.46. The Bertz CT molecular complexity index is 759. The molecule has 2 aromatic heterocycles. The molecule has 0 radical (unpaired) electrons. The van der Waals surface area contributed by atoms with Crippen LogP contribution in [0.1, 0.15) is 45.3 Å². The lowest BCUT2D eigenvalue weighted by molar-refractivity contribution is -0.152. The summed E-state index contributed by atoms with van der Waals surface area (Å²) in [6, 6.07) is 1.88. The second-order valence-electron chi connectivity index (χ2n) is 5.59. The van der Waals surface area contributed by atoms with E-state index >= 15 is 0 Å². The van der Waals surface area contributed by atoms with Crippen molar-refractivity contribution in [2.45, 2.75) is 53.0 Å². The number of hydrogen-bond donors (Lipinski definition) is 0. The van der Waals surface area contributed by atoms with Crippen LogP contribution in [0.2, 0.25) is 0 Å². The summed E-state index contributed by atoms with van der Waals surface area (Å²) in [5.74, 6) is 0.193. The molecule has 2 heterocycles. The molecule has 0 atom stereocenters. The predicted molar refractivity (Wildman–Crippen MR) is 88.6 cm³/mol. The molecule has 6 heteroatoms. The molecule has 0 saturated heterocycles. The Morgan fingerprint density at radius 3 is 2.55 bits per heavy atom. The number of carbonyl (C=O) groups is 1. The van der Waals surface area contributed by atoms with E-state index in [1.807, 2.05) is 19.9 Å². The van der Waals surface area contributed by atoms with Gasteiger partial charge in [0.25, 0.3) is 5.56 Å². The Labute approximate surface area is 133 Å². The van der Waals surface area contributed by atoms with Crippen molar-refractivity contribution in [1.29, 1.82) is 0 Å². The Morgan fingerprint density at radius 2 is 2.00 bits per heavy atom. The predicted octanol–water partition coefficient (Wildman–Crippen LogP) is 2.88. The van der Waals surface area contributed by atoms with Crippen molar-refractivity contribution in [3.05, 3.63) is 27.1 Å². The highest BCUT2D eigenvalue weighted by molar-refractivity contribution is 7.18. The van der Waals surface area contributed by atoms with Crippen molar-refractivity contribution in [2.24, 2.45) is 0 Å². The fraction of sp³-hybridized carbons (Fsp3) is 0.562. The molecule has 5 nitrogen and oxygen atoms in total. The average Bonchev–Trinajstić information content (AvgIpc) is 2.90. The zero-order valence-corrected chi connectivity index (χ0v) is 14.5. The molecule has 2 aromatic rings. The Hall–Kier alpha value is -1.69. The molecular formula is C16H22N2O3S. The van der Waals surface area contributed by atoms with Crippen molar-refractivity contribution in [1.82, 2.24) is 9.55 Å². The first-order valence-corrected chi connectivity index (χ1v) is 8.40. The topological polar surface area (TPSA) is 61.2 Å². The summed E-state index contributed by atoms with van der Waals surface area (Å²) in [6.07, 6.45) is 1.44. The maximum absolute atomic E-state index is 12.9. The standard InChI is InChI=1S/C16H22N2O3S/c1-6-10-9-11-13(22-10)17-12(7-2)18(14(11)19)16(4,5)15(20)21-8-3/h9H,6-8H2,1-5H3. The summed E-state index contributed by atoms with van der Waals surface area (Å²) < 4.78 is 6.62. The van der Waals surface area contributed by atoms with Gasteiger partial charge in [-0.15, -0.1) is 11.3 Å². The minimum Gasteiger partial charge on any atom is -0.464 e. The molecule has 0 N–H and O–H groups in total. The fourth-order valence-corrected chi connectivity index (χ4v) is 3.44. The second kappa shape index (κ2) is 6.20. The second-order valence-corrected chi connectivity index (χ2v) is 6.70. The van der Waals surface area contributed by atoms with Gasteiger partial charge >= 0.3 is 5.97 Å². The number of rotatable bonds is 5. The summed E-state index contributed by atoms with van der Waals surface area (Å²) in [5, 5.41) is 0.580. The van der Waals surface area contributed by atoms with Gasteiger partial charge in [0.1, 0.15) is 16.2 Å². The van der Waals surface area contributed by atoms with Crippen LogP contribution in [0, 0.1) is 0 Å².